The minimum atomic E-state index is -0.782. The Balaban J connectivity index is 1.32. The van der Waals surface area contributed by atoms with Gasteiger partial charge in [0.1, 0.15) is 6.04 Å². The number of nitrogens with zero attached hydrogens (tertiary/aromatic N) is 2. The van der Waals surface area contributed by atoms with Gasteiger partial charge in [0.05, 0.1) is 22.2 Å². The van der Waals surface area contributed by atoms with Crippen molar-refractivity contribution in [3.8, 4) is 0 Å². The van der Waals surface area contributed by atoms with E-state index in [1.807, 2.05) is 117 Å². The lowest BCUT2D eigenvalue weighted by molar-refractivity contribution is -0.130. The largest absolute Gasteiger partial charge is 0.343 e. The number of aromatic nitrogens is 1. The summed E-state index contributed by atoms with van der Waals surface area (Å²) in [5.74, 6) is -1.36. The maximum absolute atomic E-state index is 13.6. The molecule has 0 radical (unpaired) electrons. The van der Waals surface area contributed by atoms with Gasteiger partial charge in [0.15, 0.2) is 0 Å². The van der Waals surface area contributed by atoms with Crippen molar-refractivity contribution in [2.75, 3.05) is 0 Å². The maximum Gasteiger partial charge on any atom is 0.262 e. The molecule has 4 aromatic carbocycles. The molecule has 5 rings (SSSR count). The lowest BCUT2D eigenvalue weighted by atomic mass is 9.89. The maximum atomic E-state index is 13.6. The first kappa shape index (κ1) is 30.1. The second-order valence-corrected chi connectivity index (χ2v) is 11.5. The molecule has 0 aliphatic carbocycles. The highest BCUT2D eigenvalue weighted by atomic mass is 35.5. The summed E-state index contributed by atoms with van der Waals surface area (Å²) in [6.45, 7) is 4.37. The predicted octanol–water partition coefficient (Wildman–Crippen LogP) is 7.42. The van der Waals surface area contributed by atoms with Crippen LogP contribution in [0.1, 0.15) is 42.0 Å². The molecule has 0 aliphatic heterocycles. The average Bonchev–Trinajstić information content (AvgIpc) is 3.35. The molecule has 5 aromatic rings. The molecule has 0 bridgehead atoms. The molecule has 6 nitrogen and oxygen atoms in total. The fourth-order valence-electron chi connectivity index (χ4n) is 5.14. The molecule has 0 spiro atoms. The SMILES string of the molecule is CC(C)[C@H](NC(=O)C(c1ccccc1)c1ccccc1)C(=O)N/N=C\c1cn(Cc2ccc(Cl)c(Cl)c2)c2ccccc12. The first-order valence-electron chi connectivity index (χ1n) is 14.1. The van der Waals surface area contributed by atoms with Crippen molar-refractivity contribution in [1.82, 2.24) is 15.3 Å². The summed E-state index contributed by atoms with van der Waals surface area (Å²) in [6, 6.07) is 31.9. The number of hydrazone groups is 1. The summed E-state index contributed by atoms with van der Waals surface area (Å²) in [5, 5.41) is 9.27. The number of halogens is 2. The van der Waals surface area contributed by atoms with Crippen LogP contribution in [-0.4, -0.2) is 28.6 Å². The predicted molar refractivity (Wildman–Crippen MR) is 175 cm³/mol. The van der Waals surface area contributed by atoms with E-state index >= 15 is 0 Å². The lowest BCUT2D eigenvalue weighted by Gasteiger charge is -2.24. The third-order valence-electron chi connectivity index (χ3n) is 7.31. The van der Waals surface area contributed by atoms with Gasteiger partial charge in [0, 0.05) is 29.2 Å². The minimum Gasteiger partial charge on any atom is -0.343 e. The topological polar surface area (TPSA) is 75.5 Å². The summed E-state index contributed by atoms with van der Waals surface area (Å²) in [5.41, 5.74) is 7.21. The fourth-order valence-corrected chi connectivity index (χ4v) is 5.46. The van der Waals surface area contributed by atoms with Crippen molar-refractivity contribution in [2.45, 2.75) is 32.4 Å². The van der Waals surface area contributed by atoms with E-state index in [0.29, 0.717) is 16.6 Å². The van der Waals surface area contributed by atoms with Crippen LogP contribution in [0.3, 0.4) is 0 Å². The quantitative estimate of drug-likeness (QED) is 0.127. The van der Waals surface area contributed by atoms with Crippen LogP contribution in [0.4, 0.5) is 0 Å². The van der Waals surface area contributed by atoms with Crippen molar-refractivity contribution in [3.05, 3.63) is 142 Å². The summed E-state index contributed by atoms with van der Waals surface area (Å²) >= 11 is 12.3. The number of hydrogen-bond acceptors (Lipinski definition) is 3. The standard InChI is InChI=1S/C35H32Cl2N4O2/c1-23(2)33(39-34(42)32(25-11-5-3-6-12-25)26-13-7-4-8-14-26)35(43)40-38-20-27-22-41(31-16-10-9-15-28(27)31)21-24-17-18-29(36)30(37)19-24/h3-20,22-23,32-33H,21H2,1-2H3,(H,39,42)(H,40,43)/b38-20-/t33-/m0/s1. The summed E-state index contributed by atoms with van der Waals surface area (Å²) in [6.07, 6.45) is 3.61. The van der Waals surface area contributed by atoms with E-state index in [0.717, 1.165) is 33.2 Å². The molecule has 0 fully saturated rings. The van der Waals surface area contributed by atoms with Gasteiger partial charge in [-0.3, -0.25) is 9.59 Å². The van der Waals surface area contributed by atoms with Crippen molar-refractivity contribution >= 4 is 52.1 Å². The first-order chi connectivity index (χ1) is 20.8. The smallest absolute Gasteiger partial charge is 0.262 e. The highest BCUT2D eigenvalue weighted by molar-refractivity contribution is 6.42. The Morgan fingerprint density at radius 3 is 2.07 bits per heavy atom. The molecular weight excluding hydrogens is 579 g/mol. The second kappa shape index (κ2) is 13.7. The number of hydrogen-bond donors (Lipinski definition) is 2. The summed E-state index contributed by atoms with van der Waals surface area (Å²) in [4.78, 5) is 27.0. The Kier molecular flexibility index (Phi) is 9.60. The number of para-hydroxylation sites is 1. The molecule has 1 aromatic heterocycles. The van der Waals surface area contributed by atoms with Crippen molar-refractivity contribution in [2.24, 2.45) is 11.0 Å². The van der Waals surface area contributed by atoms with Crippen LogP contribution in [0.25, 0.3) is 10.9 Å². The summed E-state index contributed by atoms with van der Waals surface area (Å²) in [7, 11) is 0. The van der Waals surface area contributed by atoms with E-state index in [2.05, 4.69) is 20.4 Å². The molecular formula is C35H32Cl2N4O2. The van der Waals surface area contributed by atoms with Gasteiger partial charge in [-0.1, -0.05) is 122 Å². The van der Waals surface area contributed by atoms with Gasteiger partial charge in [-0.25, -0.2) is 5.43 Å². The monoisotopic (exact) mass is 610 g/mol. The third-order valence-corrected chi connectivity index (χ3v) is 8.05. The van der Waals surface area contributed by atoms with Crippen molar-refractivity contribution in [1.29, 1.82) is 0 Å². The molecule has 0 unspecified atom stereocenters. The van der Waals surface area contributed by atoms with E-state index in [-0.39, 0.29) is 17.7 Å². The highest BCUT2D eigenvalue weighted by Crippen LogP contribution is 2.27. The van der Waals surface area contributed by atoms with E-state index in [1.54, 1.807) is 12.3 Å². The van der Waals surface area contributed by atoms with Crippen molar-refractivity contribution in [3.63, 3.8) is 0 Å². The minimum absolute atomic E-state index is 0.167. The van der Waals surface area contributed by atoms with Gasteiger partial charge in [-0.05, 0) is 40.8 Å². The Morgan fingerprint density at radius 1 is 0.814 bits per heavy atom. The Labute approximate surface area is 261 Å². The number of benzene rings is 4. The zero-order chi connectivity index (χ0) is 30.3. The lowest BCUT2D eigenvalue weighted by Crippen LogP contribution is -2.50. The molecule has 0 aliphatic rings. The molecule has 218 valence electrons. The normalized spacial score (nSPS) is 12.2. The molecule has 0 saturated carbocycles. The number of carbonyl (C=O) groups is 2. The van der Waals surface area contributed by atoms with Crippen LogP contribution in [0.2, 0.25) is 10.0 Å². The number of nitrogens with one attached hydrogen (secondary N) is 2. The summed E-state index contributed by atoms with van der Waals surface area (Å²) < 4.78 is 2.10. The van der Waals surface area contributed by atoms with Gasteiger partial charge in [-0.2, -0.15) is 5.10 Å². The van der Waals surface area contributed by atoms with Crippen molar-refractivity contribution < 1.29 is 9.59 Å². The fraction of sp³-hybridized carbons (Fsp3) is 0.171. The van der Waals surface area contributed by atoms with E-state index in [1.165, 1.54) is 0 Å². The Bertz CT molecular complexity index is 1710. The van der Waals surface area contributed by atoms with Gasteiger partial charge >= 0.3 is 0 Å². The van der Waals surface area contributed by atoms with E-state index < -0.39 is 12.0 Å². The molecule has 0 saturated heterocycles. The number of rotatable bonds is 10. The molecule has 43 heavy (non-hydrogen) atoms. The average molecular weight is 612 g/mol. The van der Waals surface area contributed by atoms with Crippen LogP contribution in [-0.2, 0) is 16.1 Å². The van der Waals surface area contributed by atoms with Gasteiger partial charge in [-0.15, -0.1) is 0 Å². The van der Waals surface area contributed by atoms with Gasteiger partial charge < -0.3 is 9.88 Å². The Morgan fingerprint density at radius 2 is 1.44 bits per heavy atom. The third kappa shape index (κ3) is 7.16. The zero-order valence-corrected chi connectivity index (χ0v) is 25.4. The second-order valence-electron chi connectivity index (χ2n) is 10.7. The zero-order valence-electron chi connectivity index (χ0n) is 23.9. The van der Waals surface area contributed by atoms with Crippen LogP contribution in [0.5, 0.6) is 0 Å². The van der Waals surface area contributed by atoms with E-state index in [9.17, 15) is 9.59 Å². The van der Waals surface area contributed by atoms with Crippen LogP contribution >= 0.6 is 23.2 Å². The molecule has 2 amide bonds. The molecule has 1 atom stereocenters. The first-order valence-corrected chi connectivity index (χ1v) is 14.8. The van der Waals surface area contributed by atoms with Gasteiger partial charge in [0.2, 0.25) is 5.91 Å². The van der Waals surface area contributed by atoms with E-state index in [4.69, 9.17) is 23.2 Å². The number of amides is 2. The molecule has 2 N–H and O–H groups in total. The van der Waals surface area contributed by atoms with Crippen LogP contribution in [0, 0.1) is 5.92 Å². The van der Waals surface area contributed by atoms with Gasteiger partial charge in [0.25, 0.3) is 5.91 Å². The van der Waals surface area contributed by atoms with Crippen LogP contribution < -0.4 is 10.7 Å². The molecule has 1 heterocycles. The Hall–Kier alpha value is -4.39. The molecule has 8 heteroatoms. The van der Waals surface area contributed by atoms with Crippen LogP contribution in [0.15, 0.2) is 114 Å². The highest BCUT2D eigenvalue weighted by Gasteiger charge is 2.29. The number of fused-ring (bicyclic) bond motifs is 1. The number of carbonyl (C=O) groups excluding carboxylic acids is 2.